The lowest BCUT2D eigenvalue weighted by Gasteiger charge is -2.12. The maximum Gasteiger partial charge on any atom is 0.387 e. The van der Waals surface area contributed by atoms with Crippen molar-refractivity contribution in [2.75, 3.05) is 7.11 Å². The van der Waals surface area contributed by atoms with Gasteiger partial charge >= 0.3 is 12.6 Å². The van der Waals surface area contributed by atoms with E-state index in [-0.39, 0.29) is 12.2 Å². The zero-order valence-electron chi connectivity index (χ0n) is 10.6. The Morgan fingerprint density at radius 2 is 2.05 bits per heavy atom. The summed E-state index contributed by atoms with van der Waals surface area (Å²) in [6, 6.07) is 4.62. The fourth-order valence-electron chi connectivity index (χ4n) is 1.70. The van der Waals surface area contributed by atoms with Gasteiger partial charge in [0.25, 0.3) is 0 Å². The van der Waals surface area contributed by atoms with Crippen LogP contribution in [-0.4, -0.2) is 19.7 Å². The third-order valence-electron chi connectivity index (χ3n) is 2.56. The average molecular weight is 269 g/mol. The number of nitriles is 1. The zero-order valence-corrected chi connectivity index (χ0v) is 10.6. The van der Waals surface area contributed by atoms with Gasteiger partial charge in [-0.15, -0.1) is 0 Å². The molecule has 0 saturated carbocycles. The number of aryl methyl sites for hydroxylation is 1. The van der Waals surface area contributed by atoms with E-state index in [1.807, 2.05) is 6.07 Å². The monoisotopic (exact) mass is 269 g/mol. The molecule has 0 spiro atoms. The maximum absolute atomic E-state index is 12.2. The number of carbonyl (C=O) groups is 1. The highest BCUT2D eigenvalue weighted by Gasteiger charge is 2.15. The third kappa shape index (κ3) is 3.91. The first-order valence-corrected chi connectivity index (χ1v) is 5.59. The second-order valence-corrected chi connectivity index (χ2v) is 3.71. The lowest BCUT2D eigenvalue weighted by atomic mass is 9.97. The van der Waals surface area contributed by atoms with Gasteiger partial charge in [0, 0.05) is 0 Å². The zero-order chi connectivity index (χ0) is 14.4. The van der Waals surface area contributed by atoms with Gasteiger partial charge in [0.05, 0.1) is 25.2 Å². The van der Waals surface area contributed by atoms with Crippen LogP contribution in [-0.2, 0) is 22.4 Å². The number of methoxy groups -OCH3 is 1. The Labute approximate surface area is 109 Å². The van der Waals surface area contributed by atoms with E-state index in [0.717, 1.165) is 0 Å². The Morgan fingerprint density at radius 3 is 2.53 bits per heavy atom. The van der Waals surface area contributed by atoms with Crippen molar-refractivity contribution < 1.29 is 23.0 Å². The predicted octanol–water partition coefficient (Wildman–Crippen LogP) is 2.44. The number of esters is 1. The van der Waals surface area contributed by atoms with Crippen molar-refractivity contribution in [1.29, 1.82) is 5.26 Å². The molecule has 0 aliphatic carbocycles. The molecule has 0 amide bonds. The second kappa shape index (κ2) is 6.69. The van der Waals surface area contributed by atoms with Gasteiger partial charge in [-0.05, 0) is 29.7 Å². The van der Waals surface area contributed by atoms with Crippen molar-refractivity contribution in [3.8, 4) is 11.8 Å². The quantitative estimate of drug-likeness (QED) is 0.770. The summed E-state index contributed by atoms with van der Waals surface area (Å²) in [6.45, 7) is -1.17. The number of benzene rings is 1. The van der Waals surface area contributed by atoms with E-state index in [2.05, 4.69) is 9.47 Å². The van der Waals surface area contributed by atoms with Gasteiger partial charge < -0.3 is 9.47 Å². The first-order valence-electron chi connectivity index (χ1n) is 5.59. The molecule has 0 heterocycles. The van der Waals surface area contributed by atoms with Crippen molar-refractivity contribution in [3.63, 3.8) is 0 Å². The molecular weight excluding hydrogens is 256 g/mol. The van der Waals surface area contributed by atoms with Gasteiger partial charge in [0.2, 0.25) is 0 Å². The number of hydrogen-bond acceptors (Lipinski definition) is 4. The van der Waals surface area contributed by atoms with Crippen molar-refractivity contribution in [3.05, 3.63) is 28.8 Å². The van der Waals surface area contributed by atoms with E-state index in [9.17, 15) is 13.6 Å². The van der Waals surface area contributed by atoms with Gasteiger partial charge in [0.15, 0.2) is 0 Å². The Morgan fingerprint density at radius 1 is 1.42 bits per heavy atom. The molecule has 0 bridgehead atoms. The van der Waals surface area contributed by atoms with Crippen molar-refractivity contribution in [2.45, 2.75) is 26.4 Å². The van der Waals surface area contributed by atoms with Gasteiger partial charge in [-0.3, -0.25) is 4.79 Å². The van der Waals surface area contributed by atoms with Crippen molar-refractivity contribution in [1.82, 2.24) is 0 Å². The smallest absolute Gasteiger partial charge is 0.387 e. The second-order valence-electron chi connectivity index (χ2n) is 3.71. The summed E-state index contributed by atoms with van der Waals surface area (Å²) in [4.78, 5) is 11.3. The molecule has 1 rings (SSSR count). The van der Waals surface area contributed by atoms with Crippen molar-refractivity contribution in [2.24, 2.45) is 0 Å². The van der Waals surface area contributed by atoms with Crippen LogP contribution >= 0.6 is 0 Å². The van der Waals surface area contributed by atoms with Crippen LogP contribution in [0.4, 0.5) is 8.78 Å². The fraction of sp³-hybridized carbons (Fsp3) is 0.385. The van der Waals surface area contributed by atoms with E-state index in [1.165, 1.54) is 19.2 Å². The van der Waals surface area contributed by atoms with Crippen LogP contribution < -0.4 is 4.74 Å². The summed E-state index contributed by atoms with van der Waals surface area (Å²) in [6.07, 6.45) is 0.310. The Hall–Kier alpha value is -2.16. The molecule has 0 aliphatic heterocycles. The first kappa shape index (κ1) is 14.9. The van der Waals surface area contributed by atoms with Gasteiger partial charge in [0.1, 0.15) is 5.75 Å². The summed E-state index contributed by atoms with van der Waals surface area (Å²) >= 11 is 0. The average Bonchev–Trinajstić information content (AvgIpc) is 2.37. The number of halogens is 2. The summed E-state index contributed by atoms with van der Waals surface area (Å²) in [7, 11) is 1.22. The number of hydrogen-bond donors (Lipinski definition) is 0. The molecule has 6 heteroatoms. The molecule has 1 aromatic rings. The van der Waals surface area contributed by atoms with Crippen LogP contribution in [0.5, 0.6) is 5.75 Å². The van der Waals surface area contributed by atoms with Gasteiger partial charge in [-0.25, -0.2) is 0 Å². The SMILES string of the molecule is CCc1cc(OC(F)F)cc(CC(=O)OC)c1C#N. The molecule has 0 unspecified atom stereocenters. The van der Waals surface area contributed by atoms with E-state index in [4.69, 9.17) is 5.26 Å². The molecule has 0 fully saturated rings. The number of alkyl halides is 2. The van der Waals surface area contributed by atoms with Crippen LogP contribution in [0.3, 0.4) is 0 Å². The van der Waals surface area contributed by atoms with E-state index in [1.54, 1.807) is 6.92 Å². The van der Waals surface area contributed by atoms with E-state index < -0.39 is 12.6 Å². The minimum Gasteiger partial charge on any atom is -0.469 e. The fourth-order valence-corrected chi connectivity index (χ4v) is 1.70. The minimum absolute atomic E-state index is 0.0650. The van der Waals surface area contributed by atoms with E-state index >= 15 is 0 Å². The van der Waals surface area contributed by atoms with Gasteiger partial charge in [-0.1, -0.05) is 6.92 Å². The van der Waals surface area contributed by atoms with Crippen LogP contribution in [0.15, 0.2) is 12.1 Å². The molecule has 4 nitrogen and oxygen atoms in total. The lowest BCUT2D eigenvalue weighted by Crippen LogP contribution is -2.09. The number of rotatable bonds is 5. The summed E-state index contributed by atoms with van der Waals surface area (Å²) in [5.41, 5.74) is 1.18. The standard InChI is InChI=1S/C13H13F2NO3/c1-3-8-4-10(19-13(14)15)5-9(11(8)7-16)6-12(17)18-2/h4-5,13H,3,6H2,1-2H3. The molecular formula is C13H13F2NO3. The minimum atomic E-state index is -2.95. The molecule has 0 atom stereocenters. The van der Waals surface area contributed by atoms with Crippen LogP contribution in [0, 0.1) is 11.3 Å². The topological polar surface area (TPSA) is 59.3 Å². The molecule has 19 heavy (non-hydrogen) atoms. The molecule has 102 valence electrons. The van der Waals surface area contributed by atoms with Crippen LogP contribution in [0.1, 0.15) is 23.6 Å². The molecule has 1 aromatic carbocycles. The molecule has 0 N–H and O–H groups in total. The predicted molar refractivity (Wildman–Crippen MR) is 62.9 cm³/mol. The molecule has 0 saturated heterocycles. The van der Waals surface area contributed by atoms with E-state index in [0.29, 0.717) is 23.1 Å². The molecule has 0 aliphatic rings. The van der Waals surface area contributed by atoms with Gasteiger partial charge in [-0.2, -0.15) is 14.0 Å². The van der Waals surface area contributed by atoms with Crippen molar-refractivity contribution >= 4 is 5.97 Å². The highest BCUT2D eigenvalue weighted by Crippen LogP contribution is 2.25. The summed E-state index contributed by atoms with van der Waals surface area (Å²) < 4.78 is 33.3. The normalized spacial score (nSPS) is 10.1. The first-order chi connectivity index (χ1) is 9.01. The van der Waals surface area contributed by atoms with Crippen LogP contribution in [0.25, 0.3) is 0 Å². The maximum atomic E-state index is 12.2. The number of ether oxygens (including phenoxy) is 2. The number of nitrogens with zero attached hydrogens (tertiary/aromatic N) is 1. The summed E-state index contributed by atoms with van der Waals surface area (Å²) in [5, 5.41) is 9.10. The third-order valence-corrected chi connectivity index (χ3v) is 2.56. The largest absolute Gasteiger partial charge is 0.469 e. The Kier molecular flexibility index (Phi) is 5.24. The Balaban J connectivity index is 3.24. The number of carbonyl (C=O) groups excluding carboxylic acids is 1. The Bertz CT molecular complexity index is 509. The highest BCUT2D eigenvalue weighted by molar-refractivity contribution is 5.74. The molecule has 0 aromatic heterocycles. The lowest BCUT2D eigenvalue weighted by molar-refractivity contribution is -0.139. The summed E-state index contributed by atoms with van der Waals surface area (Å²) in [5.74, 6) is -0.613. The highest BCUT2D eigenvalue weighted by atomic mass is 19.3. The molecule has 0 radical (unpaired) electrons. The van der Waals surface area contributed by atoms with Crippen LogP contribution in [0.2, 0.25) is 0 Å².